The van der Waals surface area contributed by atoms with E-state index in [1.165, 1.54) is 12.8 Å². The van der Waals surface area contributed by atoms with Crippen LogP contribution in [0.3, 0.4) is 0 Å². The summed E-state index contributed by atoms with van der Waals surface area (Å²) < 4.78 is 0. The van der Waals surface area contributed by atoms with Gasteiger partial charge in [0.2, 0.25) is 0 Å². The Morgan fingerprint density at radius 2 is 2.20 bits per heavy atom. The molecule has 0 N–H and O–H groups in total. The van der Waals surface area contributed by atoms with E-state index in [0.29, 0.717) is 5.57 Å². The lowest BCUT2D eigenvalue weighted by molar-refractivity contribution is -0.115. The van der Waals surface area contributed by atoms with Gasteiger partial charge in [0.1, 0.15) is 0 Å². The molecule has 1 heteroatoms. The van der Waals surface area contributed by atoms with E-state index in [0.717, 1.165) is 18.8 Å². The molecule has 1 nitrogen and oxygen atoms in total. The Bertz CT molecular complexity index is 154. The maximum atomic E-state index is 11.0. The molecule has 1 fully saturated rings. The first kappa shape index (κ1) is 7.52. The van der Waals surface area contributed by atoms with Crippen LogP contribution in [0.2, 0.25) is 0 Å². The van der Waals surface area contributed by atoms with Gasteiger partial charge in [-0.25, -0.2) is 0 Å². The molecule has 0 aliphatic heterocycles. The highest BCUT2D eigenvalue weighted by Gasteiger charge is 2.21. The van der Waals surface area contributed by atoms with Crippen LogP contribution in [0.25, 0.3) is 0 Å². The molecule has 0 radical (unpaired) electrons. The van der Waals surface area contributed by atoms with Gasteiger partial charge < -0.3 is 0 Å². The standard InChI is InChI=1S/C9H14O/c1-7(2)9(10)6-5-8-3-4-8/h8H,1,3-6H2,2H3. The molecule has 10 heavy (non-hydrogen) atoms. The first-order valence-corrected chi connectivity index (χ1v) is 3.89. The van der Waals surface area contributed by atoms with Crippen LogP contribution in [-0.2, 0) is 4.79 Å². The van der Waals surface area contributed by atoms with Crippen molar-refractivity contribution in [1.82, 2.24) is 0 Å². The fraction of sp³-hybridized carbons (Fsp3) is 0.667. The van der Waals surface area contributed by atoms with E-state index in [1.807, 2.05) is 0 Å². The number of rotatable bonds is 4. The minimum atomic E-state index is 0.243. The van der Waals surface area contributed by atoms with E-state index in [9.17, 15) is 4.79 Å². The number of Topliss-reactive ketones (excluding diaryl/α,β-unsaturated/α-hetero) is 1. The lowest BCUT2D eigenvalue weighted by Gasteiger charge is -1.96. The minimum Gasteiger partial charge on any atom is -0.295 e. The Morgan fingerprint density at radius 1 is 1.60 bits per heavy atom. The summed E-state index contributed by atoms with van der Waals surface area (Å²) in [5, 5.41) is 0. The predicted molar refractivity (Wildman–Crippen MR) is 41.8 cm³/mol. The van der Waals surface area contributed by atoms with Gasteiger partial charge in [-0.05, 0) is 24.8 Å². The SMILES string of the molecule is C=C(C)C(=O)CCC1CC1. The number of hydrogen-bond donors (Lipinski definition) is 0. The first-order chi connectivity index (χ1) is 4.70. The molecule has 0 aromatic heterocycles. The van der Waals surface area contributed by atoms with Crippen LogP contribution in [0, 0.1) is 5.92 Å². The molecular formula is C9H14O. The molecule has 1 rings (SSSR count). The van der Waals surface area contributed by atoms with E-state index in [2.05, 4.69) is 6.58 Å². The van der Waals surface area contributed by atoms with E-state index in [-0.39, 0.29) is 5.78 Å². The first-order valence-electron chi connectivity index (χ1n) is 3.89. The molecule has 1 aliphatic rings. The number of hydrogen-bond acceptors (Lipinski definition) is 1. The summed E-state index contributed by atoms with van der Waals surface area (Å²) in [7, 11) is 0. The van der Waals surface area contributed by atoms with Gasteiger partial charge in [0.05, 0.1) is 0 Å². The summed E-state index contributed by atoms with van der Waals surface area (Å²) in [6.07, 6.45) is 4.48. The molecule has 0 atom stereocenters. The van der Waals surface area contributed by atoms with Gasteiger partial charge in [-0.2, -0.15) is 0 Å². The minimum absolute atomic E-state index is 0.243. The normalized spacial score (nSPS) is 16.9. The zero-order valence-corrected chi connectivity index (χ0v) is 6.52. The molecule has 0 spiro atoms. The van der Waals surface area contributed by atoms with Gasteiger partial charge in [-0.3, -0.25) is 4.79 Å². The van der Waals surface area contributed by atoms with Gasteiger partial charge in [-0.1, -0.05) is 19.4 Å². The van der Waals surface area contributed by atoms with Crippen molar-refractivity contribution in [3.8, 4) is 0 Å². The van der Waals surface area contributed by atoms with Gasteiger partial charge >= 0.3 is 0 Å². The van der Waals surface area contributed by atoms with Crippen LogP contribution in [0.15, 0.2) is 12.2 Å². The molecule has 0 aromatic rings. The van der Waals surface area contributed by atoms with E-state index < -0.39 is 0 Å². The van der Waals surface area contributed by atoms with Crippen molar-refractivity contribution in [2.45, 2.75) is 32.6 Å². The molecule has 0 bridgehead atoms. The van der Waals surface area contributed by atoms with E-state index >= 15 is 0 Å². The van der Waals surface area contributed by atoms with Crippen LogP contribution in [-0.4, -0.2) is 5.78 Å². The van der Waals surface area contributed by atoms with Crippen LogP contribution in [0.1, 0.15) is 32.6 Å². The Morgan fingerprint density at radius 3 is 2.60 bits per heavy atom. The third-order valence-corrected chi connectivity index (χ3v) is 1.95. The van der Waals surface area contributed by atoms with Crippen molar-refractivity contribution >= 4 is 5.78 Å². The Kier molecular flexibility index (Phi) is 2.25. The quantitative estimate of drug-likeness (QED) is 0.545. The average Bonchev–Trinajstić information content (AvgIpc) is 2.64. The second-order valence-corrected chi connectivity index (χ2v) is 3.19. The van der Waals surface area contributed by atoms with Gasteiger partial charge in [-0.15, -0.1) is 0 Å². The molecule has 0 unspecified atom stereocenters. The number of ketones is 1. The second-order valence-electron chi connectivity index (χ2n) is 3.19. The average molecular weight is 138 g/mol. The van der Waals surface area contributed by atoms with Crippen molar-refractivity contribution in [2.24, 2.45) is 5.92 Å². The van der Waals surface area contributed by atoms with Crippen LogP contribution in [0.4, 0.5) is 0 Å². The van der Waals surface area contributed by atoms with Crippen LogP contribution >= 0.6 is 0 Å². The molecule has 1 aliphatic carbocycles. The fourth-order valence-electron chi connectivity index (χ4n) is 0.955. The summed E-state index contributed by atoms with van der Waals surface area (Å²) in [4.78, 5) is 11.0. The van der Waals surface area contributed by atoms with E-state index in [1.54, 1.807) is 6.92 Å². The Hall–Kier alpha value is -0.590. The number of carbonyl (C=O) groups is 1. The van der Waals surface area contributed by atoms with Crippen molar-refractivity contribution in [2.75, 3.05) is 0 Å². The Balaban J connectivity index is 2.11. The fourth-order valence-corrected chi connectivity index (χ4v) is 0.955. The van der Waals surface area contributed by atoms with Crippen LogP contribution < -0.4 is 0 Å². The highest BCUT2D eigenvalue weighted by atomic mass is 16.1. The largest absolute Gasteiger partial charge is 0.295 e. The van der Waals surface area contributed by atoms with Crippen molar-refractivity contribution in [3.63, 3.8) is 0 Å². The lowest BCUT2D eigenvalue weighted by atomic mass is 10.1. The maximum Gasteiger partial charge on any atom is 0.157 e. The van der Waals surface area contributed by atoms with Crippen molar-refractivity contribution in [1.29, 1.82) is 0 Å². The monoisotopic (exact) mass is 138 g/mol. The van der Waals surface area contributed by atoms with E-state index in [4.69, 9.17) is 0 Å². The van der Waals surface area contributed by atoms with Gasteiger partial charge in [0, 0.05) is 6.42 Å². The summed E-state index contributed by atoms with van der Waals surface area (Å²) in [5.41, 5.74) is 0.709. The molecule has 0 saturated heterocycles. The topological polar surface area (TPSA) is 17.1 Å². The third-order valence-electron chi connectivity index (χ3n) is 1.95. The molecule has 56 valence electrons. The summed E-state index contributed by atoms with van der Waals surface area (Å²) in [5.74, 6) is 1.11. The van der Waals surface area contributed by atoms with Crippen molar-refractivity contribution in [3.05, 3.63) is 12.2 Å². The van der Waals surface area contributed by atoms with Crippen molar-refractivity contribution < 1.29 is 4.79 Å². The van der Waals surface area contributed by atoms with Gasteiger partial charge in [0.25, 0.3) is 0 Å². The molecule has 0 heterocycles. The zero-order valence-electron chi connectivity index (χ0n) is 6.52. The molecular weight excluding hydrogens is 124 g/mol. The summed E-state index contributed by atoms with van der Waals surface area (Å²) in [6.45, 7) is 5.39. The second kappa shape index (κ2) is 3.00. The number of allylic oxidation sites excluding steroid dienone is 1. The third kappa shape index (κ3) is 2.34. The summed E-state index contributed by atoms with van der Waals surface area (Å²) in [6, 6.07) is 0. The molecule has 1 saturated carbocycles. The predicted octanol–water partition coefficient (Wildman–Crippen LogP) is 2.32. The highest BCUT2D eigenvalue weighted by molar-refractivity contribution is 5.94. The smallest absolute Gasteiger partial charge is 0.157 e. The maximum absolute atomic E-state index is 11.0. The lowest BCUT2D eigenvalue weighted by Crippen LogP contribution is -1.97. The molecule has 0 amide bonds. The zero-order chi connectivity index (χ0) is 7.56. The van der Waals surface area contributed by atoms with Crippen LogP contribution in [0.5, 0.6) is 0 Å². The Labute approximate surface area is 62.1 Å². The number of carbonyl (C=O) groups excluding carboxylic acids is 1. The molecule has 0 aromatic carbocycles. The highest BCUT2D eigenvalue weighted by Crippen LogP contribution is 2.33. The summed E-state index contributed by atoms with van der Waals surface area (Å²) >= 11 is 0. The van der Waals surface area contributed by atoms with Gasteiger partial charge in [0.15, 0.2) is 5.78 Å².